The van der Waals surface area contributed by atoms with Crippen molar-refractivity contribution in [1.82, 2.24) is 0 Å². The first-order chi connectivity index (χ1) is 8.33. The number of rotatable bonds is 5. The van der Waals surface area contributed by atoms with Crippen LogP contribution in [0, 0.1) is 0 Å². The van der Waals surface area contributed by atoms with Crippen LogP contribution in [0.25, 0.3) is 11.0 Å². The smallest absolute Gasteiger partial charge is 0.195 e. The highest BCUT2D eigenvalue weighted by Gasteiger charge is 2.05. The van der Waals surface area contributed by atoms with Gasteiger partial charge in [-0.15, -0.1) is 0 Å². The Hall–Kier alpha value is -1.57. The Labute approximate surface area is 101 Å². The van der Waals surface area contributed by atoms with Crippen LogP contribution in [0.5, 0.6) is 0 Å². The zero-order chi connectivity index (χ0) is 12.1. The van der Waals surface area contributed by atoms with Crippen LogP contribution >= 0.6 is 0 Å². The SMILES string of the molecule is CCCCCCc1coc2ccccc2c1=O. The van der Waals surface area contributed by atoms with Crippen molar-refractivity contribution >= 4 is 11.0 Å². The average Bonchev–Trinajstić information content (AvgIpc) is 2.37. The minimum Gasteiger partial charge on any atom is -0.464 e. The fourth-order valence-electron chi connectivity index (χ4n) is 2.03. The molecule has 1 aromatic carbocycles. The number of benzene rings is 1. The first-order valence-electron chi connectivity index (χ1n) is 6.32. The van der Waals surface area contributed by atoms with E-state index in [0.717, 1.165) is 18.4 Å². The van der Waals surface area contributed by atoms with Gasteiger partial charge in [-0.25, -0.2) is 0 Å². The first-order valence-corrected chi connectivity index (χ1v) is 6.32. The number of para-hydroxylation sites is 1. The van der Waals surface area contributed by atoms with Crippen molar-refractivity contribution in [2.24, 2.45) is 0 Å². The molecule has 0 aliphatic heterocycles. The van der Waals surface area contributed by atoms with Crippen molar-refractivity contribution in [3.05, 3.63) is 46.3 Å². The third-order valence-corrected chi connectivity index (χ3v) is 3.05. The van der Waals surface area contributed by atoms with Crippen molar-refractivity contribution in [3.63, 3.8) is 0 Å². The molecule has 0 bridgehead atoms. The molecule has 2 rings (SSSR count). The number of aryl methyl sites for hydroxylation is 1. The van der Waals surface area contributed by atoms with Gasteiger partial charge < -0.3 is 4.42 Å². The van der Waals surface area contributed by atoms with Crippen molar-refractivity contribution in [3.8, 4) is 0 Å². The van der Waals surface area contributed by atoms with E-state index in [0.29, 0.717) is 11.0 Å². The molecule has 0 spiro atoms. The van der Waals surface area contributed by atoms with Crippen molar-refractivity contribution in [1.29, 1.82) is 0 Å². The van der Waals surface area contributed by atoms with Crippen LogP contribution in [0.2, 0.25) is 0 Å². The van der Waals surface area contributed by atoms with Gasteiger partial charge in [0.25, 0.3) is 0 Å². The molecule has 0 saturated heterocycles. The Morgan fingerprint density at radius 3 is 2.76 bits per heavy atom. The van der Waals surface area contributed by atoms with Gasteiger partial charge in [-0.05, 0) is 25.0 Å². The molecule has 2 heteroatoms. The summed E-state index contributed by atoms with van der Waals surface area (Å²) in [4.78, 5) is 12.1. The molecule has 0 amide bonds. The third-order valence-electron chi connectivity index (χ3n) is 3.05. The van der Waals surface area contributed by atoms with Gasteiger partial charge in [0, 0.05) is 5.56 Å². The summed E-state index contributed by atoms with van der Waals surface area (Å²) in [5.41, 5.74) is 1.61. The van der Waals surface area contributed by atoms with E-state index in [2.05, 4.69) is 6.92 Å². The van der Waals surface area contributed by atoms with E-state index in [-0.39, 0.29) is 5.43 Å². The Bertz CT molecular complexity index is 540. The summed E-state index contributed by atoms with van der Waals surface area (Å²) in [5.74, 6) is 0. The average molecular weight is 230 g/mol. The topological polar surface area (TPSA) is 30.2 Å². The van der Waals surface area contributed by atoms with Crippen LogP contribution in [0.15, 0.2) is 39.7 Å². The molecule has 0 saturated carbocycles. The second-order valence-electron chi connectivity index (χ2n) is 4.40. The first kappa shape index (κ1) is 11.9. The van der Waals surface area contributed by atoms with E-state index < -0.39 is 0 Å². The highest BCUT2D eigenvalue weighted by molar-refractivity contribution is 5.76. The van der Waals surface area contributed by atoms with E-state index >= 15 is 0 Å². The van der Waals surface area contributed by atoms with Crippen molar-refractivity contribution < 1.29 is 4.42 Å². The van der Waals surface area contributed by atoms with E-state index in [1.54, 1.807) is 6.26 Å². The molecule has 0 N–H and O–H groups in total. The normalized spacial score (nSPS) is 10.9. The number of hydrogen-bond donors (Lipinski definition) is 0. The van der Waals surface area contributed by atoms with Crippen LogP contribution in [-0.2, 0) is 6.42 Å². The molecule has 1 aromatic heterocycles. The highest BCUT2D eigenvalue weighted by atomic mass is 16.3. The van der Waals surface area contributed by atoms with E-state index in [4.69, 9.17) is 4.42 Å². The number of unbranched alkanes of at least 4 members (excludes halogenated alkanes) is 3. The summed E-state index contributed by atoms with van der Waals surface area (Å²) in [6.07, 6.45) is 7.15. The van der Waals surface area contributed by atoms with Crippen LogP contribution in [0.4, 0.5) is 0 Å². The van der Waals surface area contributed by atoms with Gasteiger partial charge >= 0.3 is 0 Å². The maximum absolute atomic E-state index is 12.1. The van der Waals surface area contributed by atoms with E-state index in [1.165, 1.54) is 19.3 Å². The molecule has 0 aliphatic rings. The fraction of sp³-hybridized carbons (Fsp3) is 0.400. The zero-order valence-corrected chi connectivity index (χ0v) is 10.2. The Morgan fingerprint density at radius 2 is 1.94 bits per heavy atom. The highest BCUT2D eigenvalue weighted by Crippen LogP contribution is 2.12. The summed E-state index contributed by atoms with van der Waals surface area (Å²) >= 11 is 0. The van der Waals surface area contributed by atoms with Gasteiger partial charge in [-0.3, -0.25) is 4.79 Å². The van der Waals surface area contributed by atoms with Gasteiger partial charge in [-0.1, -0.05) is 38.3 Å². The molecular weight excluding hydrogens is 212 g/mol. The number of hydrogen-bond acceptors (Lipinski definition) is 2. The third kappa shape index (κ3) is 2.76. The Balaban J connectivity index is 2.18. The van der Waals surface area contributed by atoms with Gasteiger partial charge in [0.1, 0.15) is 5.58 Å². The summed E-state index contributed by atoms with van der Waals surface area (Å²) in [5, 5.41) is 0.695. The largest absolute Gasteiger partial charge is 0.464 e. The van der Waals surface area contributed by atoms with Crippen LogP contribution in [-0.4, -0.2) is 0 Å². The molecule has 90 valence electrons. The molecule has 0 fully saturated rings. The minimum atomic E-state index is 0.128. The van der Waals surface area contributed by atoms with Gasteiger partial charge in [0.2, 0.25) is 0 Å². The molecular formula is C15H18O2. The standard InChI is InChI=1S/C15H18O2/c1-2-3-4-5-8-12-11-17-14-10-7-6-9-13(14)15(12)16/h6-7,9-11H,2-5,8H2,1H3. The summed E-state index contributed by atoms with van der Waals surface area (Å²) in [7, 11) is 0. The lowest BCUT2D eigenvalue weighted by molar-refractivity contribution is 0.584. The maximum atomic E-state index is 12.1. The van der Waals surface area contributed by atoms with Crippen LogP contribution < -0.4 is 5.43 Å². The molecule has 0 radical (unpaired) electrons. The van der Waals surface area contributed by atoms with E-state index in [1.807, 2.05) is 24.3 Å². The minimum absolute atomic E-state index is 0.128. The van der Waals surface area contributed by atoms with Crippen molar-refractivity contribution in [2.45, 2.75) is 39.0 Å². The molecule has 2 nitrogen and oxygen atoms in total. The molecule has 0 atom stereocenters. The van der Waals surface area contributed by atoms with Gasteiger partial charge in [-0.2, -0.15) is 0 Å². The molecule has 0 unspecified atom stereocenters. The van der Waals surface area contributed by atoms with E-state index in [9.17, 15) is 4.79 Å². The summed E-state index contributed by atoms with van der Waals surface area (Å²) in [6.45, 7) is 2.18. The van der Waals surface area contributed by atoms with Gasteiger partial charge in [0.15, 0.2) is 5.43 Å². The molecule has 1 heterocycles. The molecule has 0 aliphatic carbocycles. The lowest BCUT2D eigenvalue weighted by Gasteiger charge is -2.02. The summed E-state index contributed by atoms with van der Waals surface area (Å²) < 4.78 is 5.48. The summed E-state index contributed by atoms with van der Waals surface area (Å²) in [6, 6.07) is 7.42. The maximum Gasteiger partial charge on any atom is 0.195 e. The molecule has 17 heavy (non-hydrogen) atoms. The quantitative estimate of drug-likeness (QED) is 0.729. The Kier molecular flexibility index (Phi) is 3.97. The lowest BCUT2D eigenvalue weighted by atomic mass is 10.1. The molecule has 2 aromatic rings. The predicted octanol–water partition coefficient (Wildman–Crippen LogP) is 3.92. The van der Waals surface area contributed by atoms with Crippen LogP contribution in [0.1, 0.15) is 38.2 Å². The fourth-order valence-corrected chi connectivity index (χ4v) is 2.03. The number of fused-ring (bicyclic) bond motifs is 1. The monoisotopic (exact) mass is 230 g/mol. The van der Waals surface area contributed by atoms with Crippen LogP contribution in [0.3, 0.4) is 0 Å². The van der Waals surface area contributed by atoms with Gasteiger partial charge in [0.05, 0.1) is 11.6 Å². The Morgan fingerprint density at radius 1 is 1.12 bits per heavy atom. The lowest BCUT2D eigenvalue weighted by Crippen LogP contribution is -2.08. The zero-order valence-electron chi connectivity index (χ0n) is 10.2. The second kappa shape index (κ2) is 5.67. The predicted molar refractivity (Wildman–Crippen MR) is 70.3 cm³/mol. The second-order valence-corrected chi connectivity index (χ2v) is 4.40. The van der Waals surface area contributed by atoms with Crippen molar-refractivity contribution in [2.75, 3.05) is 0 Å².